The molecule has 0 radical (unpaired) electrons. The largest absolute Gasteiger partial charge is 0.573 e. The van der Waals surface area contributed by atoms with Crippen LogP contribution in [0.3, 0.4) is 0 Å². The zero-order valence-corrected chi connectivity index (χ0v) is 22.2. The molecule has 12 heteroatoms. The lowest BCUT2D eigenvalue weighted by Gasteiger charge is -2.39. The van der Waals surface area contributed by atoms with Gasteiger partial charge in [0.15, 0.2) is 5.65 Å². The van der Waals surface area contributed by atoms with Gasteiger partial charge in [-0.25, -0.2) is 4.98 Å². The van der Waals surface area contributed by atoms with Crippen LogP contribution in [0.2, 0.25) is 5.02 Å². The van der Waals surface area contributed by atoms with Gasteiger partial charge in [0.05, 0.1) is 41.9 Å². The minimum atomic E-state index is -4.88. The molecule has 3 heterocycles. The fourth-order valence-corrected chi connectivity index (χ4v) is 5.46. The first-order chi connectivity index (χ1) is 18.5. The van der Waals surface area contributed by atoms with Crippen molar-refractivity contribution < 1.29 is 32.2 Å². The normalized spacial score (nSPS) is 15.3. The molecule has 2 aromatic heterocycles. The molecule has 0 aliphatic carbocycles. The van der Waals surface area contributed by atoms with Crippen LogP contribution in [0.1, 0.15) is 38.8 Å². The number of benzene rings is 2. The predicted octanol–water partition coefficient (Wildman–Crippen LogP) is 5.63. The number of methoxy groups -OCH3 is 2. The van der Waals surface area contributed by atoms with Crippen molar-refractivity contribution in [2.24, 2.45) is 7.05 Å². The smallest absolute Gasteiger partial charge is 0.497 e. The monoisotopic (exact) mass is 560 g/mol. The summed E-state index contributed by atoms with van der Waals surface area (Å²) >= 11 is 6.74. The fourth-order valence-electron chi connectivity index (χ4n) is 5.11. The summed E-state index contributed by atoms with van der Waals surface area (Å²) in [5.74, 6) is 0.146. The van der Waals surface area contributed by atoms with Gasteiger partial charge < -0.3 is 19.1 Å². The first kappa shape index (κ1) is 26.6. The molecule has 1 atom stereocenters. The number of aryl methyl sites for hydroxylation is 2. The molecule has 0 spiro atoms. The topological polar surface area (TPSA) is 78.7 Å². The number of ether oxygens (including phenoxy) is 3. The molecule has 0 saturated carbocycles. The van der Waals surface area contributed by atoms with E-state index in [1.165, 1.54) is 38.6 Å². The summed E-state index contributed by atoms with van der Waals surface area (Å²) in [6.45, 7) is 2.02. The molecular formula is C27H24ClF3N4O4. The molecule has 2 aromatic carbocycles. The lowest BCUT2D eigenvalue weighted by Crippen LogP contribution is -2.41. The highest BCUT2D eigenvalue weighted by molar-refractivity contribution is 6.38. The molecule has 1 unspecified atom stereocenters. The standard InChI is InChI=1S/C27H24ClF3N4O4/c1-14-21-23(28)19(13-32-25(21)34(2)33-14)26(36)35-9-8-15-10-18(37-3)12-20(38-4)22(15)24(35)16-6-5-7-17(11-16)39-27(29,30)31/h5-7,10-13,24H,8-9H2,1-4H3. The average Bonchev–Trinajstić information content (AvgIpc) is 3.19. The molecule has 8 nitrogen and oxygen atoms in total. The second-order valence-electron chi connectivity index (χ2n) is 9.07. The minimum absolute atomic E-state index is 0.156. The molecule has 0 N–H and O–H groups in total. The van der Waals surface area contributed by atoms with Crippen LogP contribution < -0.4 is 14.2 Å². The third kappa shape index (κ3) is 4.82. The number of alkyl halides is 3. The zero-order valence-electron chi connectivity index (χ0n) is 21.5. The molecule has 0 saturated heterocycles. The average molecular weight is 561 g/mol. The van der Waals surface area contributed by atoms with Crippen LogP contribution in [0, 0.1) is 6.92 Å². The van der Waals surface area contributed by atoms with E-state index in [2.05, 4.69) is 14.8 Å². The molecule has 1 aliphatic heterocycles. The number of hydrogen-bond acceptors (Lipinski definition) is 6. The van der Waals surface area contributed by atoms with Gasteiger partial charge in [-0.05, 0) is 42.7 Å². The van der Waals surface area contributed by atoms with Gasteiger partial charge >= 0.3 is 6.36 Å². The van der Waals surface area contributed by atoms with E-state index >= 15 is 0 Å². The summed E-state index contributed by atoms with van der Waals surface area (Å²) < 4.78 is 56.0. The third-order valence-electron chi connectivity index (χ3n) is 6.73. The minimum Gasteiger partial charge on any atom is -0.497 e. The van der Waals surface area contributed by atoms with Gasteiger partial charge in [-0.1, -0.05) is 23.7 Å². The van der Waals surface area contributed by atoms with Crippen LogP contribution in [-0.4, -0.2) is 52.7 Å². The highest BCUT2D eigenvalue weighted by atomic mass is 35.5. The van der Waals surface area contributed by atoms with Crippen LogP contribution in [0.5, 0.6) is 17.2 Å². The number of carbonyl (C=O) groups excluding carboxylic acids is 1. The molecule has 0 fully saturated rings. The lowest BCUT2D eigenvalue weighted by molar-refractivity contribution is -0.274. The van der Waals surface area contributed by atoms with Gasteiger partial charge in [-0.3, -0.25) is 9.48 Å². The Morgan fingerprint density at radius 2 is 1.90 bits per heavy atom. The number of nitrogens with zero attached hydrogens (tertiary/aromatic N) is 4. The maximum absolute atomic E-state index is 14.1. The van der Waals surface area contributed by atoms with Crippen LogP contribution in [0.25, 0.3) is 11.0 Å². The van der Waals surface area contributed by atoms with Crippen LogP contribution in [0.15, 0.2) is 42.6 Å². The maximum atomic E-state index is 14.1. The number of pyridine rings is 1. The number of aromatic nitrogens is 3. The fraction of sp³-hybridized carbons (Fsp3) is 0.296. The van der Waals surface area contributed by atoms with E-state index in [-0.39, 0.29) is 17.1 Å². The highest BCUT2D eigenvalue weighted by Crippen LogP contribution is 2.44. The Balaban J connectivity index is 1.68. The number of halogens is 4. The molecule has 204 valence electrons. The first-order valence-electron chi connectivity index (χ1n) is 11.9. The number of carbonyl (C=O) groups is 1. The van der Waals surface area contributed by atoms with E-state index in [0.717, 1.165) is 5.56 Å². The summed E-state index contributed by atoms with van der Waals surface area (Å²) in [5.41, 5.74) is 3.17. The Morgan fingerprint density at radius 3 is 2.59 bits per heavy atom. The summed E-state index contributed by atoms with van der Waals surface area (Å²) in [4.78, 5) is 20.1. The van der Waals surface area contributed by atoms with E-state index in [1.54, 1.807) is 35.7 Å². The van der Waals surface area contributed by atoms with Crippen molar-refractivity contribution in [2.45, 2.75) is 25.7 Å². The highest BCUT2D eigenvalue weighted by Gasteiger charge is 2.38. The third-order valence-corrected chi connectivity index (χ3v) is 7.12. The van der Waals surface area contributed by atoms with Gasteiger partial charge in [0.1, 0.15) is 17.2 Å². The van der Waals surface area contributed by atoms with Gasteiger partial charge in [0, 0.05) is 31.4 Å². The van der Waals surface area contributed by atoms with E-state index < -0.39 is 24.1 Å². The first-order valence-corrected chi connectivity index (χ1v) is 12.3. The Hall–Kier alpha value is -3.99. The molecule has 1 amide bonds. The van der Waals surface area contributed by atoms with Crippen LogP contribution in [0.4, 0.5) is 13.2 Å². The zero-order chi connectivity index (χ0) is 28.1. The van der Waals surface area contributed by atoms with E-state index in [9.17, 15) is 18.0 Å². The lowest BCUT2D eigenvalue weighted by atomic mass is 9.86. The second-order valence-corrected chi connectivity index (χ2v) is 9.45. The van der Waals surface area contributed by atoms with Crippen molar-refractivity contribution in [1.82, 2.24) is 19.7 Å². The molecule has 4 aromatic rings. The summed E-state index contributed by atoms with van der Waals surface area (Å²) in [6, 6.07) is 8.26. The summed E-state index contributed by atoms with van der Waals surface area (Å²) in [6.07, 6.45) is -3.03. The van der Waals surface area contributed by atoms with Crippen LogP contribution >= 0.6 is 11.6 Å². The SMILES string of the molecule is COc1cc2c(c(OC)c1)C(c1cccc(OC(F)(F)F)c1)N(C(=O)c1cnc3c(c(C)nn3C)c1Cl)CC2. The van der Waals surface area contributed by atoms with Crippen molar-refractivity contribution in [3.05, 3.63) is 75.6 Å². The second kappa shape index (κ2) is 9.96. The molecule has 1 aliphatic rings. The van der Waals surface area contributed by atoms with Gasteiger partial charge in [0.2, 0.25) is 0 Å². The number of fused-ring (bicyclic) bond motifs is 2. The van der Waals surface area contributed by atoms with E-state index in [1.807, 2.05) is 6.07 Å². The Morgan fingerprint density at radius 1 is 1.13 bits per heavy atom. The molecule has 0 bridgehead atoms. The van der Waals surface area contributed by atoms with Crippen molar-refractivity contribution in [2.75, 3.05) is 20.8 Å². The van der Waals surface area contributed by atoms with Crippen molar-refractivity contribution in [3.8, 4) is 17.2 Å². The van der Waals surface area contributed by atoms with Gasteiger partial charge in [0.25, 0.3) is 5.91 Å². The Labute approximate surface area is 226 Å². The van der Waals surface area contributed by atoms with E-state index in [0.29, 0.717) is 45.8 Å². The number of hydrogen-bond donors (Lipinski definition) is 0. The van der Waals surface area contributed by atoms with Gasteiger partial charge in [-0.15, -0.1) is 13.2 Å². The quantitative estimate of drug-likeness (QED) is 0.315. The predicted molar refractivity (Wildman–Crippen MR) is 138 cm³/mol. The van der Waals surface area contributed by atoms with Crippen molar-refractivity contribution in [3.63, 3.8) is 0 Å². The Kier molecular flexibility index (Phi) is 6.79. The Bertz CT molecular complexity index is 1570. The van der Waals surface area contributed by atoms with Crippen LogP contribution in [-0.2, 0) is 13.5 Å². The molecular weight excluding hydrogens is 537 g/mol. The summed E-state index contributed by atoms with van der Waals surface area (Å²) in [7, 11) is 4.74. The number of rotatable bonds is 5. The van der Waals surface area contributed by atoms with E-state index in [4.69, 9.17) is 21.1 Å². The maximum Gasteiger partial charge on any atom is 0.573 e. The number of amides is 1. The van der Waals surface area contributed by atoms with Gasteiger partial charge in [-0.2, -0.15) is 5.10 Å². The summed E-state index contributed by atoms with van der Waals surface area (Å²) in [5, 5.41) is 5.11. The molecule has 39 heavy (non-hydrogen) atoms. The van der Waals surface area contributed by atoms with Crippen molar-refractivity contribution in [1.29, 1.82) is 0 Å². The van der Waals surface area contributed by atoms with Crippen molar-refractivity contribution >= 4 is 28.5 Å². The molecule has 5 rings (SSSR count).